The number of guanidine groups is 1. The maximum Gasteiger partial charge on any atom is 0.251 e. The predicted molar refractivity (Wildman–Crippen MR) is 123 cm³/mol. The number of hydrogen-bond donors (Lipinski definition) is 3. The third kappa shape index (κ3) is 8.15. The molecule has 0 spiro atoms. The maximum absolute atomic E-state index is 11.8. The second-order valence-electron chi connectivity index (χ2n) is 7.00. The lowest BCUT2D eigenvalue weighted by Crippen LogP contribution is -2.38. The SMILES string of the molecule is CCCCOc1cccc(CN=C(NCC)NCCc2cccc(C(=O)NC)c2)c1. The molecule has 0 saturated carbocycles. The standard InChI is InChI=1S/C24H34N4O2/c1-4-6-15-30-22-12-8-10-20(17-22)18-28-24(26-5-2)27-14-13-19-9-7-11-21(16-19)23(29)25-3/h7-12,16-17H,4-6,13-15,18H2,1-3H3,(H,25,29)(H2,26,27,28). The van der Waals surface area contributed by atoms with Gasteiger partial charge in [-0.15, -0.1) is 0 Å². The van der Waals surface area contributed by atoms with Gasteiger partial charge in [0, 0.05) is 25.7 Å². The van der Waals surface area contributed by atoms with Crippen molar-refractivity contribution in [3.05, 3.63) is 65.2 Å². The van der Waals surface area contributed by atoms with E-state index in [0.717, 1.165) is 61.8 Å². The molecule has 0 unspecified atom stereocenters. The van der Waals surface area contributed by atoms with Gasteiger partial charge in [0.05, 0.1) is 13.2 Å². The number of nitrogens with one attached hydrogen (secondary N) is 3. The van der Waals surface area contributed by atoms with Crippen LogP contribution >= 0.6 is 0 Å². The highest BCUT2D eigenvalue weighted by atomic mass is 16.5. The van der Waals surface area contributed by atoms with Crippen molar-refractivity contribution in [2.45, 2.75) is 39.7 Å². The highest BCUT2D eigenvalue weighted by molar-refractivity contribution is 5.94. The Morgan fingerprint density at radius 3 is 2.60 bits per heavy atom. The van der Waals surface area contributed by atoms with E-state index in [0.29, 0.717) is 12.1 Å². The first-order valence-corrected chi connectivity index (χ1v) is 10.7. The van der Waals surface area contributed by atoms with Crippen LogP contribution in [0.5, 0.6) is 5.75 Å². The molecule has 0 bridgehead atoms. The van der Waals surface area contributed by atoms with Crippen LogP contribution in [0.4, 0.5) is 0 Å². The summed E-state index contributed by atoms with van der Waals surface area (Å²) in [7, 11) is 1.64. The molecule has 0 radical (unpaired) electrons. The Kier molecular flexibility index (Phi) is 10.3. The molecule has 30 heavy (non-hydrogen) atoms. The van der Waals surface area contributed by atoms with Gasteiger partial charge in [-0.25, -0.2) is 4.99 Å². The summed E-state index contributed by atoms with van der Waals surface area (Å²) in [6.45, 7) is 7.04. The van der Waals surface area contributed by atoms with Crippen LogP contribution in [0.25, 0.3) is 0 Å². The summed E-state index contributed by atoms with van der Waals surface area (Å²) in [5.74, 6) is 1.60. The van der Waals surface area contributed by atoms with E-state index in [1.807, 2.05) is 49.4 Å². The van der Waals surface area contributed by atoms with E-state index in [9.17, 15) is 4.79 Å². The van der Waals surface area contributed by atoms with E-state index in [1.54, 1.807) is 7.05 Å². The second-order valence-corrected chi connectivity index (χ2v) is 7.00. The fraction of sp³-hybridized carbons (Fsp3) is 0.417. The summed E-state index contributed by atoms with van der Waals surface area (Å²) < 4.78 is 5.78. The van der Waals surface area contributed by atoms with Gasteiger partial charge in [0.1, 0.15) is 5.75 Å². The van der Waals surface area contributed by atoms with Gasteiger partial charge in [-0.05, 0) is 55.2 Å². The number of carbonyl (C=O) groups is 1. The molecule has 6 heteroatoms. The number of benzene rings is 2. The molecule has 2 rings (SSSR count). The number of unbranched alkanes of at least 4 members (excludes halogenated alkanes) is 1. The van der Waals surface area contributed by atoms with Gasteiger partial charge in [-0.3, -0.25) is 4.79 Å². The number of hydrogen-bond acceptors (Lipinski definition) is 3. The smallest absolute Gasteiger partial charge is 0.251 e. The Morgan fingerprint density at radius 1 is 1.03 bits per heavy atom. The minimum absolute atomic E-state index is 0.0689. The minimum Gasteiger partial charge on any atom is -0.494 e. The summed E-state index contributed by atoms with van der Waals surface area (Å²) in [6.07, 6.45) is 2.98. The Morgan fingerprint density at radius 2 is 1.83 bits per heavy atom. The van der Waals surface area contributed by atoms with Crippen LogP contribution in [-0.4, -0.2) is 38.6 Å². The van der Waals surface area contributed by atoms with Crippen molar-refractivity contribution in [1.29, 1.82) is 0 Å². The molecule has 162 valence electrons. The molecule has 0 aliphatic heterocycles. The normalized spacial score (nSPS) is 11.1. The first-order chi connectivity index (χ1) is 14.7. The first-order valence-electron chi connectivity index (χ1n) is 10.7. The maximum atomic E-state index is 11.8. The van der Waals surface area contributed by atoms with Crippen molar-refractivity contribution in [2.24, 2.45) is 4.99 Å². The highest BCUT2D eigenvalue weighted by Gasteiger charge is 2.04. The van der Waals surface area contributed by atoms with E-state index in [4.69, 9.17) is 4.74 Å². The average Bonchev–Trinajstić information content (AvgIpc) is 2.77. The second kappa shape index (κ2) is 13.2. The summed E-state index contributed by atoms with van der Waals surface area (Å²) in [5.41, 5.74) is 2.90. The predicted octanol–water partition coefficient (Wildman–Crippen LogP) is 3.52. The van der Waals surface area contributed by atoms with Crippen molar-refractivity contribution in [2.75, 3.05) is 26.7 Å². The van der Waals surface area contributed by atoms with Gasteiger partial charge in [0.2, 0.25) is 0 Å². The molecule has 0 aromatic heterocycles. The molecule has 0 fully saturated rings. The number of nitrogens with zero attached hydrogens (tertiary/aromatic N) is 1. The van der Waals surface area contributed by atoms with E-state index >= 15 is 0 Å². The van der Waals surface area contributed by atoms with Crippen molar-refractivity contribution >= 4 is 11.9 Å². The fourth-order valence-corrected chi connectivity index (χ4v) is 2.92. The highest BCUT2D eigenvalue weighted by Crippen LogP contribution is 2.14. The molecule has 0 atom stereocenters. The van der Waals surface area contributed by atoms with Crippen LogP contribution in [0.15, 0.2) is 53.5 Å². The molecule has 6 nitrogen and oxygen atoms in total. The average molecular weight is 411 g/mol. The molecular formula is C24H34N4O2. The minimum atomic E-state index is -0.0689. The molecule has 0 saturated heterocycles. The number of aliphatic imine (C=N–C) groups is 1. The van der Waals surface area contributed by atoms with Crippen molar-refractivity contribution in [1.82, 2.24) is 16.0 Å². The fourth-order valence-electron chi connectivity index (χ4n) is 2.92. The summed E-state index contributed by atoms with van der Waals surface area (Å²) in [6, 6.07) is 15.8. The van der Waals surface area contributed by atoms with E-state index in [2.05, 4.69) is 33.9 Å². The Balaban J connectivity index is 1.90. The van der Waals surface area contributed by atoms with Crippen molar-refractivity contribution in [3.63, 3.8) is 0 Å². The number of rotatable bonds is 11. The molecule has 3 N–H and O–H groups in total. The number of amides is 1. The van der Waals surface area contributed by atoms with Crippen LogP contribution in [0.1, 0.15) is 48.2 Å². The third-order valence-corrected chi connectivity index (χ3v) is 4.55. The summed E-state index contributed by atoms with van der Waals surface area (Å²) in [5, 5.41) is 9.30. The van der Waals surface area contributed by atoms with Crippen molar-refractivity contribution < 1.29 is 9.53 Å². The zero-order chi connectivity index (χ0) is 21.6. The van der Waals surface area contributed by atoms with Crippen LogP contribution in [0.3, 0.4) is 0 Å². The first kappa shape index (κ1) is 23.3. The molecule has 0 aliphatic carbocycles. The monoisotopic (exact) mass is 410 g/mol. The van der Waals surface area contributed by atoms with Gasteiger partial charge in [0.15, 0.2) is 5.96 Å². The van der Waals surface area contributed by atoms with Gasteiger partial charge < -0.3 is 20.7 Å². The number of carbonyl (C=O) groups excluding carboxylic acids is 1. The lowest BCUT2D eigenvalue weighted by atomic mass is 10.1. The van der Waals surface area contributed by atoms with Crippen molar-refractivity contribution in [3.8, 4) is 5.75 Å². The largest absolute Gasteiger partial charge is 0.494 e. The Bertz CT molecular complexity index is 820. The van der Waals surface area contributed by atoms with E-state index in [1.165, 1.54) is 0 Å². The lowest BCUT2D eigenvalue weighted by molar-refractivity contribution is 0.0963. The zero-order valence-corrected chi connectivity index (χ0v) is 18.3. The van der Waals surface area contributed by atoms with E-state index in [-0.39, 0.29) is 5.91 Å². The molecule has 0 aliphatic rings. The van der Waals surface area contributed by atoms with Gasteiger partial charge in [-0.2, -0.15) is 0 Å². The lowest BCUT2D eigenvalue weighted by Gasteiger charge is -2.12. The molecule has 1 amide bonds. The van der Waals surface area contributed by atoms with Gasteiger partial charge in [-0.1, -0.05) is 37.6 Å². The van der Waals surface area contributed by atoms with Crippen LogP contribution in [0.2, 0.25) is 0 Å². The third-order valence-electron chi connectivity index (χ3n) is 4.55. The van der Waals surface area contributed by atoms with Crippen LogP contribution in [-0.2, 0) is 13.0 Å². The van der Waals surface area contributed by atoms with Crippen LogP contribution < -0.4 is 20.7 Å². The Hall–Kier alpha value is -3.02. The number of ether oxygens (including phenoxy) is 1. The molecule has 0 heterocycles. The zero-order valence-electron chi connectivity index (χ0n) is 18.3. The Labute approximate surface area is 180 Å². The summed E-state index contributed by atoms with van der Waals surface area (Å²) in [4.78, 5) is 16.5. The van der Waals surface area contributed by atoms with Gasteiger partial charge >= 0.3 is 0 Å². The van der Waals surface area contributed by atoms with Gasteiger partial charge in [0.25, 0.3) is 5.91 Å². The quantitative estimate of drug-likeness (QED) is 0.301. The molecule has 2 aromatic rings. The van der Waals surface area contributed by atoms with Crippen LogP contribution in [0, 0.1) is 0 Å². The summed E-state index contributed by atoms with van der Waals surface area (Å²) >= 11 is 0. The van der Waals surface area contributed by atoms with E-state index < -0.39 is 0 Å². The topological polar surface area (TPSA) is 74.8 Å². The molecule has 2 aromatic carbocycles. The molecular weight excluding hydrogens is 376 g/mol.